The van der Waals surface area contributed by atoms with Gasteiger partial charge in [0.15, 0.2) is 0 Å². The summed E-state index contributed by atoms with van der Waals surface area (Å²) < 4.78 is 12.0. The number of hydrogen-bond acceptors (Lipinski definition) is 1. The molecule has 0 aromatic heterocycles. The van der Waals surface area contributed by atoms with Gasteiger partial charge in [0.05, 0.1) is 11.5 Å². The van der Waals surface area contributed by atoms with Crippen LogP contribution in [0.1, 0.15) is 31.9 Å². The minimum Gasteiger partial charge on any atom is -0.349 e. The predicted octanol–water partition coefficient (Wildman–Crippen LogP) is 4.24. The van der Waals surface area contributed by atoms with E-state index in [-0.39, 0.29) is 17.0 Å². The molecule has 0 spiro atoms. The molecular formula is C13H13Cl3FNO. The summed E-state index contributed by atoms with van der Waals surface area (Å²) in [6.07, 6.45) is 0.415. The maximum absolute atomic E-state index is 13.0. The highest BCUT2D eigenvalue weighted by molar-refractivity contribution is 6.53. The van der Waals surface area contributed by atoms with Crippen LogP contribution in [0.5, 0.6) is 0 Å². The molecule has 1 fully saturated rings. The molecule has 1 aliphatic rings. The Labute approximate surface area is 126 Å². The number of rotatable bonds is 3. The zero-order valence-corrected chi connectivity index (χ0v) is 12.7. The largest absolute Gasteiger partial charge is 0.349 e. The lowest BCUT2D eigenvalue weighted by atomic mass is 10.1. The molecule has 1 saturated carbocycles. The smallest absolute Gasteiger partial charge is 0.229 e. The van der Waals surface area contributed by atoms with Crippen LogP contribution in [0.4, 0.5) is 4.39 Å². The average Bonchev–Trinajstić information content (AvgIpc) is 2.79. The molecule has 6 heteroatoms. The van der Waals surface area contributed by atoms with Crippen LogP contribution in [0.15, 0.2) is 18.2 Å². The van der Waals surface area contributed by atoms with Gasteiger partial charge in [0.1, 0.15) is 10.2 Å². The highest BCUT2D eigenvalue weighted by atomic mass is 35.5. The van der Waals surface area contributed by atoms with Crippen molar-refractivity contribution in [3.63, 3.8) is 0 Å². The summed E-state index contributed by atoms with van der Waals surface area (Å²) in [7, 11) is 0. The molecule has 1 amide bonds. The lowest BCUT2D eigenvalue weighted by Crippen LogP contribution is -2.35. The monoisotopic (exact) mass is 323 g/mol. The molecule has 104 valence electrons. The quantitative estimate of drug-likeness (QED) is 0.828. The van der Waals surface area contributed by atoms with E-state index >= 15 is 0 Å². The fourth-order valence-electron chi connectivity index (χ4n) is 1.93. The van der Waals surface area contributed by atoms with E-state index in [9.17, 15) is 9.18 Å². The molecule has 1 aromatic rings. The molecule has 1 aromatic carbocycles. The van der Waals surface area contributed by atoms with Gasteiger partial charge >= 0.3 is 0 Å². The van der Waals surface area contributed by atoms with E-state index in [1.165, 1.54) is 12.1 Å². The van der Waals surface area contributed by atoms with Crippen LogP contribution in [0, 0.1) is 11.2 Å². The summed E-state index contributed by atoms with van der Waals surface area (Å²) in [4.78, 5) is 12.1. The molecule has 0 radical (unpaired) electrons. The Morgan fingerprint density at radius 2 is 2.05 bits per heavy atom. The number of alkyl halides is 2. The second-order valence-corrected chi connectivity index (χ2v) is 6.97. The minimum atomic E-state index is -1.01. The molecule has 0 saturated heterocycles. The Kier molecular flexibility index (Phi) is 3.76. The third-order valence-electron chi connectivity index (χ3n) is 3.54. The maximum Gasteiger partial charge on any atom is 0.229 e. The molecule has 2 rings (SSSR count). The van der Waals surface area contributed by atoms with Crippen LogP contribution in [0.2, 0.25) is 5.02 Å². The Morgan fingerprint density at radius 1 is 1.47 bits per heavy atom. The Balaban J connectivity index is 2.10. The Hall–Kier alpha value is -0.510. The van der Waals surface area contributed by atoms with Crippen LogP contribution in [0.25, 0.3) is 0 Å². The van der Waals surface area contributed by atoms with E-state index < -0.39 is 15.6 Å². The second-order valence-electron chi connectivity index (χ2n) is 5.07. The first-order valence-electron chi connectivity index (χ1n) is 5.81. The summed E-state index contributed by atoms with van der Waals surface area (Å²) in [5.74, 6) is -0.646. The zero-order chi connectivity index (χ0) is 14.4. The van der Waals surface area contributed by atoms with Gasteiger partial charge in [-0.15, -0.1) is 23.2 Å². The Morgan fingerprint density at radius 3 is 2.53 bits per heavy atom. The van der Waals surface area contributed by atoms with Crippen molar-refractivity contribution in [1.82, 2.24) is 5.32 Å². The van der Waals surface area contributed by atoms with Gasteiger partial charge in [0.25, 0.3) is 0 Å². The third-order valence-corrected chi connectivity index (χ3v) is 4.96. The molecule has 2 unspecified atom stereocenters. The van der Waals surface area contributed by atoms with Crippen LogP contribution in [0.3, 0.4) is 0 Å². The summed E-state index contributed by atoms with van der Waals surface area (Å²) >= 11 is 17.9. The van der Waals surface area contributed by atoms with E-state index in [1.54, 1.807) is 19.9 Å². The van der Waals surface area contributed by atoms with Gasteiger partial charge in [0, 0.05) is 5.02 Å². The zero-order valence-electron chi connectivity index (χ0n) is 10.4. The maximum atomic E-state index is 13.0. The molecule has 0 bridgehead atoms. The van der Waals surface area contributed by atoms with Crippen molar-refractivity contribution in [2.75, 3.05) is 0 Å². The first-order valence-corrected chi connectivity index (χ1v) is 6.94. The summed E-state index contributed by atoms with van der Waals surface area (Å²) in [6.45, 7) is 3.48. The average molecular weight is 325 g/mol. The summed E-state index contributed by atoms with van der Waals surface area (Å²) in [6, 6.07) is 3.72. The number of benzene rings is 1. The summed E-state index contributed by atoms with van der Waals surface area (Å²) in [5.41, 5.74) is -0.132. The molecule has 0 aliphatic heterocycles. The van der Waals surface area contributed by atoms with Gasteiger partial charge in [-0.2, -0.15) is 0 Å². The normalized spacial score (nSPS) is 25.8. The van der Waals surface area contributed by atoms with Crippen molar-refractivity contribution < 1.29 is 9.18 Å². The minimum absolute atomic E-state index is 0.231. The molecule has 1 N–H and O–H groups in total. The van der Waals surface area contributed by atoms with Gasteiger partial charge < -0.3 is 5.32 Å². The van der Waals surface area contributed by atoms with Gasteiger partial charge in [0.2, 0.25) is 5.91 Å². The fourth-order valence-corrected chi connectivity index (χ4v) is 2.97. The van der Waals surface area contributed by atoms with E-state index in [2.05, 4.69) is 5.32 Å². The highest BCUT2D eigenvalue weighted by Crippen LogP contribution is 2.63. The molecule has 19 heavy (non-hydrogen) atoms. The third kappa shape index (κ3) is 2.69. The van der Waals surface area contributed by atoms with E-state index in [0.717, 1.165) is 0 Å². The van der Waals surface area contributed by atoms with Crippen LogP contribution < -0.4 is 5.32 Å². The molecular weight excluding hydrogens is 312 g/mol. The molecule has 0 heterocycles. The van der Waals surface area contributed by atoms with Gasteiger partial charge in [-0.05, 0) is 38.0 Å². The van der Waals surface area contributed by atoms with Crippen LogP contribution >= 0.6 is 34.8 Å². The molecule has 2 nitrogen and oxygen atoms in total. The van der Waals surface area contributed by atoms with Crippen molar-refractivity contribution in [2.45, 2.75) is 30.6 Å². The number of nitrogens with one attached hydrogen (secondary N) is 1. The van der Waals surface area contributed by atoms with E-state index in [1.807, 2.05) is 0 Å². The number of carbonyl (C=O) groups is 1. The van der Waals surface area contributed by atoms with Crippen molar-refractivity contribution in [3.05, 3.63) is 34.6 Å². The van der Waals surface area contributed by atoms with Crippen molar-refractivity contribution in [2.24, 2.45) is 5.41 Å². The highest BCUT2D eigenvalue weighted by Gasteiger charge is 2.67. The topological polar surface area (TPSA) is 29.1 Å². The van der Waals surface area contributed by atoms with E-state index in [0.29, 0.717) is 12.0 Å². The number of halogens is 4. The van der Waals surface area contributed by atoms with Crippen molar-refractivity contribution >= 4 is 40.7 Å². The number of hydrogen-bond donors (Lipinski definition) is 1. The fraction of sp³-hybridized carbons (Fsp3) is 0.462. The van der Waals surface area contributed by atoms with E-state index in [4.69, 9.17) is 34.8 Å². The molecule has 1 aliphatic carbocycles. The van der Waals surface area contributed by atoms with Gasteiger partial charge in [-0.1, -0.05) is 17.7 Å². The Bertz CT molecular complexity index is 535. The molecule has 2 atom stereocenters. The second kappa shape index (κ2) is 4.80. The first kappa shape index (κ1) is 14.9. The van der Waals surface area contributed by atoms with Crippen molar-refractivity contribution in [1.29, 1.82) is 0 Å². The van der Waals surface area contributed by atoms with Crippen molar-refractivity contribution in [3.8, 4) is 0 Å². The van der Waals surface area contributed by atoms with Gasteiger partial charge in [-0.25, -0.2) is 4.39 Å². The number of carbonyl (C=O) groups excluding carboxylic acids is 1. The standard InChI is InChI=1S/C13H13Cl3FNO/c1-7(9-4-3-8(17)5-10(9)14)18-11(19)12(2)6-13(12,15)16/h3-5,7H,6H2,1-2H3,(H,18,19). The SMILES string of the molecule is CC(NC(=O)C1(C)CC1(Cl)Cl)c1ccc(F)cc1Cl. The lowest BCUT2D eigenvalue weighted by Gasteiger charge is -2.19. The first-order chi connectivity index (χ1) is 8.67. The van der Waals surface area contributed by atoms with Crippen LogP contribution in [-0.4, -0.2) is 10.2 Å². The lowest BCUT2D eigenvalue weighted by molar-refractivity contribution is -0.126. The predicted molar refractivity (Wildman–Crippen MR) is 75.1 cm³/mol. The van der Waals surface area contributed by atoms with Crippen LogP contribution in [-0.2, 0) is 4.79 Å². The number of amides is 1. The van der Waals surface area contributed by atoms with Gasteiger partial charge in [-0.3, -0.25) is 4.79 Å². The summed E-state index contributed by atoms with van der Waals surface area (Å²) in [5, 5.41) is 3.07.